The van der Waals surface area contributed by atoms with Crippen molar-refractivity contribution in [2.24, 2.45) is 0 Å². The number of nitrogens with zero attached hydrogens (tertiary/aromatic N) is 4. The molecule has 0 aliphatic heterocycles. The predicted octanol–water partition coefficient (Wildman–Crippen LogP) is 3.40. The summed E-state index contributed by atoms with van der Waals surface area (Å²) in [4.78, 5) is 17.3. The third-order valence-corrected chi connectivity index (χ3v) is 4.87. The molecule has 0 fully saturated rings. The molecule has 0 bridgehead atoms. The van der Waals surface area contributed by atoms with Crippen LogP contribution >= 0.6 is 11.3 Å². The lowest BCUT2D eigenvalue weighted by Crippen LogP contribution is -2.28. The van der Waals surface area contributed by atoms with Crippen LogP contribution in [0.5, 0.6) is 0 Å². The first kappa shape index (κ1) is 17.2. The lowest BCUT2D eigenvalue weighted by Gasteiger charge is -2.09. The fraction of sp³-hybridized carbons (Fsp3) is 0.158. The van der Waals surface area contributed by atoms with Gasteiger partial charge in [-0.25, -0.2) is 0 Å². The molecular weight excluding hydrogens is 362 g/mol. The minimum atomic E-state index is -0.202. The van der Waals surface area contributed by atoms with E-state index in [-0.39, 0.29) is 5.91 Å². The van der Waals surface area contributed by atoms with Gasteiger partial charge in [-0.1, -0.05) is 17.3 Å². The number of aromatic nitrogens is 4. The highest BCUT2D eigenvalue weighted by molar-refractivity contribution is 7.13. The number of hydrogen-bond acceptors (Lipinski definition) is 6. The molecule has 4 heterocycles. The van der Waals surface area contributed by atoms with Gasteiger partial charge in [0.1, 0.15) is 5.69 Å². The molecule has 27 heavy (non-hydrogen) atoms. The predicted molar refractivity (Wildman–Crippen MR) is 102 cm³/mol. The highest BCUT2D eigenvalue weighted by Crippen LogP contribution is 2.34. The third kappa shape index (κ3) is 3.65. The lowest BCUT2D eigenvalue weighted by atomic mass is 10.1. The SMILES string of the molecule is Cc1cc(-c2cnn(CCNC(=O)c3ccccn3)c2-c2cccs2)on1. The standard InChI is InChI=1S/C19H17N5O2S/c1-13-11-16(26-23-13)14-12-22-24(18(14)17-6-4-10-27-17)9-8-21-19(25)15-5-2-3-7-20-15/h2-7,10-12H,8-9H2,1H3,(H,21,25). The van der Waals surface area contributed by atoms with Crippen LogP contribution in [0, 0.1) is 6.92 Å². The van der Waals surface area contributed by atoms with Gasteiger partial charge in [0.05, 0.1) is 34.6 Å². The van der Waals surface area contributed by atoms with Gasteiger partial charge in [-0.15, -0.1) is 11.3 Å². The minimum absolute atomic E-state index is 0.202. The maximum atomic E-state index is 12.2. The summed E-state index contributed by atoms with van der Waals surface area (Å²) in [5.41, 5.74) is 3.05. The molecule has 4 rings (SSSR count). The van der Waals surface area contributed by atoms with Gasteiger partial charge in [0.2, 0.25) is 0 Å². The average Bonchev–Trinajstić information content (AvgIpc) is 3.42. The molecule has 0 aromatic carbocycles. The van der Waals surface area contributed by atoms with Gasteiger partial charge in [-0.3, -0.25) is 14.5 Å². The van der Waals surface area contributed by atoms with Gasteiger partial charge in [-0.2, -0.15) is 5.10 Å². The van der Waals surface area contributed by atoms with Crippen molar-refractivity contribution in [3.05, 3.63) is 65.6 Å². The first-order chi connectivity index (χ1) is 13.2. The van der Waals surface area contributed by atoms with Gasteiger partial charge in [0.15, 0.2) is 5.76 Å². The van der Waals surface area contributed by atoms with Crippen LogP contribution in [0.2, 0.25) is 0 Å². The van der Waals surface area contributed by atoms with Gasteiger partial charge < -0.3 is 9.84 Å². The zero-order valence-electron chi connectivity index (χ0n) is 14.6. The smallest absolute Gasteiger partial charge is 0.269 e. The van der Waals surface area contributed by atoms with Gasteiger partial charge in [0.25, 0.3) is 5.91 Å². The number of hydrogen-bond donors (Lipinski definition) is 1. The van der Waals surface area contributed by atoms with E-state index in [1.807, 2.05) is 35.2 Å². The topological polar surface area (TPSA) is 85.8 Å². The number of thiophene rings is 1. The molecule has 1 amide bonds. The lowest BCUT2D eigenvalue weighted by molar-refractivity contribution is 0.0947. The second-order valence-electron chi connectivity index (χ2n) is 5.91. The fourth-order valence-electron chi connectivity index (χ4n) is 2.76. The van der Waals surface area contributed by atoms with Crippen molar-refractivity contribution in [3.8, 4) is 21.9 Å². The van der Waals surface area contributed by atoms with Crippen molar-refractivity contribution in [3.63, 3.8) is 0 Å². The quantitative estimate of drug-likeness (QED) is 0.555. The zero-order chi connectivity index (χ0) is 18.6. The number of nitrogens with one attached hydrogen (secondary N) is 1. The highest BCUT2D eigenvalue weighted by atomic mass is 32.1. The Kier molecular flexibility index (Phi) is 4.80. The Morgan fingerprint density at radius 1 is 1.30 bits per heavy atom. The maximum Gasteiger partial charge on any atom is 0.269 e. The van der Waals surface area contributed by atoms with Crippen molar-refractivity contribution >= 4 is 17.2 Å². The van der Waals surface area contributed by atoms with E-state index in [1.165, 1.54) is 0 Å². The molecule has 0 spiro atoms. The van der Waals surface area contributed by atoms with Gasteiger partial charge >= 0.3 is 0 Å². The van der Waals surface area contributed by atoms with E-state index in [4.69, 9.17) is 4.52 Å². The Bertz CT molecular complexity index is 1040. The van der Waals surface area contributed by atoms with Crippen molar-refractivity contribution in [2.75, 3.05) is 6.54 Å². The molecule has 0 aliphatic carbocycles. The number of carbonyl (C=O) groups is 1. The van der Waals surface area contributed by atoms with E-state index >= 15 is 0 Å². The molecule has 0 unspecified atom stereocenters. The molecule has 0 radical (unpaired) electrons. The first-order valence-electron chi connectivity index (χ1n) is 8.45. The van der Waals surface area contributed by atoms with Crippen molar-refractivity contribution in [1.29, 1.82) is 0 Å². The largest absolute Gasteiger partial charge is 0.356 e. The van der Waals surface area contributed by atoms with Crippen molar-refractivity contribution in [1.82, 2.24) is 25.2 Å². The van der Waals surface area contributed by atoms with Crippen LogP contribution in [0.15, 0.2) is 58.7 Å². The van der Waals surface area contributed by atoms with E-state index in [9.17, 15) is 4.79 Å². The van der Waals surface area contributed by atoms with Gasteiger partial charge in [0, 0.05) is 18.8 Å². The molecule has 0 aliphatic rings. The molecule has 7 nitrogen and oxygen atoms in total. The maximum absolute atomic E-state index is 12.2. The number of amides is 1. The van der Waals surface area contributed by atoms with Crippen molar-refractivity contribution < 1.29 is 9.32 Å². The normalized spacial score (nSPS) is 10.9. The molecule has 0 saturated heterocycles. The second-order valence-corrected chi connectivity index (χ2v) is 6.86. The number of carbonyl (C=O) groups excluding carboxylic acids is 1. The molecule has 4 aromatic rings. The second kappa shape index (κ2) is 7.55. The Morgan fingerprint density at radius 2 is 2.22 bits per heavy atom. The summed E-state index contributed by atoms with van der Waals surface area (Å²) < 4.78 is 7.30. The Hall–Kier alpha value is -3.26. The average molecular weight is 379 g/mol. The van der Waals surface area contributed by atoms with E-state index in [2.05, 4.69) is 20.6 Å². The molecule has 136 valence electrons. The molecular formula is C19H17N5O2S. The van der Waals surface area contributed by atoms with E-state index in [0.717, 1.165) is 21.8 Å². The van der Waals surface area contributed by atoms with Crippen LogP contribution in [0.1, 0.15) is 16.2 Å². The van der Waals surface area contributed by atoms with Crippen LogP contribution in [0.3, 0.4) is 0 Å². The van der Waals surface area contributed by atoms with E-state index in [0.29, 0.717) is 24.5 Å². The summed E-state index contributed by atoms with van der Waals surface area (Å²) in [6.07, 6.45) is 3.37. The summed E-state index contributed by atoms with van der Waals surface area (Å²) >= 11 is 1.63. The first-order valence-corrected chi connectivity index (χ1v) is 9.33. The summed E-state index contributed by atoms with van der Waals surface area (Å²) in [6.45, 7) is 2.85. The molecule has 1 N–H and O–H groups in total. The Morgan fingerprint density at radius 3 is 2.93 bits per heavy atom. The summed E-state index contributed by atoms with van der Waals surface area (Å²) in [7, 11) is 0. The highest BCUT2D eigenvalue weighted by Gasteiger charge is 2.18. The number of pyridine rings is 1. The summed E-state index contributed by atoms with van der Waals surface area (Å²) in [6, 6.07) is 11.2. The Balaban J connectivity index is 1.54. The number of rotatable bonds is 6. The van der Waals surface area contributed by atoms with Crippen LogP contribution in [0.4, 0.5) is 0 Å². The van der Waals surface area contributed by atoms with E-state index in [1.54, 1.807) is 41.9 Å². The molecule has 0 atom stereocenters. The van der Waals surface area contributed by atoms with Crippen LogP contribution in [-0.4, -0.2) is 32.4 Å². The fourth-order valence-corrected chi connectivity index (χ4v) is 3.55. The molecule has 4 aromatic heterocycles. The zero-order valence-corrected chi connectivity index (χ0v) is 15.4. The van der Waals surface area contributed by atoms with Crippen molar-refractivity contribution in [2.45, 2.75) is 13.5 Å². The van der Waals surface area contributed by atoms with Gasteiger partial charge in [-0.05, 0) is 30.5 Å². The molecule has 0 saturated carbocycles. The van der Waals surface area contributed by atoms with Crippen LogP contribution in [0.25, 0.3) is 21.9 Å². The Labute approximate surface area is 159 Å². The summed E-state index contributed by atoms with van der Waals surface area (Å²) in [5, 5.41) is 13.4. The van der Waals surface area contributed by atoms with E-state index < -0.39 is 0 Å². The van der Waals surface area contributed by atoms with Crippen LogP contribution in [-0.2, 0) is 6.54 Å². The summed E-state index contributed by atoms with van der Waals surface area (Å²) in [5.74, 6) is 0.478. The monoisotopic (exact) mass is 379 g/mol. The van der Waals surface area contributed by atoms with Crippen LogP contribution < -0.4 is 5.32 Å². The molecule has 8 heteroatoms. The minimum Gasteiger partial charge on any atom is -0.356 e. The third-order valence-electron chi connectivity index (χ3n) is 3.99. The number of aryl methyl sites for hydroxylation is 1.